The number of benzene rings is 2. The van der Waals surface area contributed by atoms with Gasteiger partial charge in [0.1, 0.15) is 0 Å². The number of carboxylic acid groups (broad SMARTS) is 1. The predicted octanol–water partition coefficient (Wildman–Crippen LogP) is 2.88. The molecule has 2 aromatic rings. The lowest BCUT2D eigenvalue weighted by Crippen LogP contribution is -2.04. The van der Waals surface area contributed by atoms with Gasteiger partial charge in [0, 0.05) is 30.0 Å². The molecule has 0 aromatic heterocycles. The van der Waals surface area contributed by atoms with Crippen LogP contribution in [0.5, 0.6) is 28.7 Å². The van der Waals surface area contributed by atoms with Crippen LogP contribution in [0.15, 0.2) is 24.3 Å². The lowest BCUT2D eigenvalue weighted by atomic mass is 10.1. The second kappa shape index (κ2) is 6.68. The number of ether oxygens (including phenoxy) is 5. The first-order valence-electron chi connectivity index (χ1n) is 7.31. The maximum atomic E-state index is 11.6. The van der Waals surface area contributed by atoms with Gasteiger partial charge in [-0.1, -0.05) is 0 Å². The molecule has 8 nitrogen and oxygen atoms in total. The minimum Gasteiger partial charge on any atom is -0.493 e. The molecule has 8 heteroatoms. The molecule has 2 N–H and O–H groups in total. The van der Waals surface area contributed by atoms with Crippen LogP contribution in [0.3, 0.4) is 0 Å². The Labute approximate surface area is 143 Å². The molecule has 132 valence electrons. The lowest BCUT2D eigenvalue weighted by molar-refractivity contribution is 0.0697. The van der Waals surface area contributed by atoms with Crippen molar-refractivity contribution in [2.75, 3.05) is 33.4 Å². The Morgan fingerprint density at radius 3 is 2.12 bits per heavy atom. The van der Waals surface area contributed by atoms with Crippen molar-refractivity contribution in [2.45, 2.75) is 0 Å². The third-order valence-corrected chi connectivity index (χ3v) is 3.69. The van der Waals surface area contributed by atoms with Gasteiger partial charge in [-0.2, -0.15) is 0 Å². The summed E-state index contributed by atoms with van der Waals surface area (Å²) >= 11 is 0. The van der Waals surface area contributed by atoms with Crippen molar-refractivity contribution in [2.24, 2.45) is 0 Å². The first-order chi connectivity index (χ1) is 12.1. The molecule has 0 atom stereocenters. The van der Waals surface area contributed by atoms with Crippen molar-refractivity contribution < 1.29 is 33.6 Å². The van der Waals surface area contributed by atoms with Crippen LogP contribution in [0.1, 0.15) is 10.4 Å². The summed E-state index contributed by atoms with van der Waals surface area (Å²) in [5, 5.41) is 12.5. The molecular weight excluding hydrogens is 330 g/mol. The zero-order chi connectivity index (χ0) is 18.0. The molecule has 0 saturated heterocycles. The van der Waals surface area contributed by atoms with Crippen molar-refractivity contribution in [1.82, 2.24) is 0 Å². The minimum absolute atomic E-state index is 0.0537. The van der Waals surface area contributed by atoms with E-state index in [2.05, 4.69) is 5.32 Å². The standard InChI is InChI=1S/C17H17NO7/c1-21-14-4-9(5-15(22-2)16(14)23-3)18-11-7-13-12(24-8-25-13)6-10(11)17(19)20/h4-7,18H,8H2,1-3H3,(H,19,20). The molecule has 0 spiro atoms. The Kier molecular flexibility index (Phi) is 4.42. The highest BCUT2D eigenvalue weighted by Gasteiger charge is 2.21. The molecular formula is C17H17NO7. The summed E-state index contributed by atoms with van der Waals surface area (Å²) in [5.41, 5.74) is 0.972. The van der Waals surface area contributed by atoms with Gasteiger partial charge in [-0.3, -0.25) is 0 Å². The van der Waals surface area contributed by atoms with Crippen molar-refractivity contribution in [1.29, 1.82) is 0 Å². The Morgan fingerprint density at radius 1 is 1.00 bits per heavy atom. The molecule has 1 aliphatic heterocycles. The summed E-state index contributed by atoms with van der Waals surface area (Å²) < 4.78 is 26.4. The smallest absolute Gasteiger partial charge is 0.337 e. The Morgan fingerprint density at radius 2 is 1.60 bits per heavy atom. The molecule has 1 aliphatic rings. The van der Waals surface area contributed by atoms with E-state index in [1.165, 1.54) is 27.4 Å². The predicted molar refractivity (Wildman–Crippen MR) is 88.9 cm³/mol. The Hall–Kier alpha value is -3.29. The molecule has 0 fully saturated rings. The van der Waals surface area contributed by atoms with Gasteiger partial charge in [0.25, 0.3) is 0 Å². The van der Waals surface area contributed by atoms with E-state index < -0.39 is 5.97 Å². The van der Waals surface area contributed by atoms with Crippen molar-refractivity contribution in [3.63, 3.8) is 0 Å². The summed E-state index contributed by atoms with van der Waals surface area (Å²) in [6.07, 6.45) is 0. The summed E-state index contributed by atoms with van der Waals surface area (Å²) in [6, 6.07) is 6.36. The molecule has 0 amide bonds. The van der Waals surface area contributed by atoms with Gasteiger partial charge in [0.05, 0.1) is 32.6 Å². The van der Waals surface area contributed by atoms with Gasteiger partial charge in [0.2, 0.25) is 12.5 Å². The van der Waals surface area contributed by atoms with E-state index in [9.17, 15) is 9.90 Å². The number of rotatable bonds is 6. The molecule has 2 aromatic carbocycles. The zero-order valence-electron chi connectivity index (χ0n) is 13.9. The number of carbonyl (C=O) groups is 1. The van der Waals surface area contributed by atoms with Crippen LogP contribution < -0.4 is 29.0 Å². The third-order valence-electron chi connectivity index (χ3n) is 3.69. The van der Waals surface area contributed by atoms with E-state index in [0.29, 0.717) is 40.1 Å². The molecule has 0 saturated carbocycles. The highest BCUT2D eigenvalue weighted by Crippen LogP contribution is 2.42. The number of carboxylic acids is 1. The van der Waals surface area contributed by atoms with Crippen LogP contribution in [-0.2, 0) is 0 Å². The quantitative estimate of drug-likeness (QED) is 0.823. The maximum absolute atomic E-state index is 11.6. The normalized spacial score (nSPS) is 11.8. The number of hydrogen-bond acceptors (Lipinski definition) is 7. The Balaban J connectivity index is 2.04. The maximum Gasteiger partial charge on any atom is 0.337 e. The van der Waals surface area contributed by atoms with Crippen LogP contribution in [-0.4, -0.2) is 39.2 Å². The van der Waals surface area contributed by atoms with E-state index >= 15 is 0 Å². The number of aromatic carboxylic acids is 1. The monoisotopic (exact) mass is 347 g/mol. The minimum atomic E-state index is -1.09. The molecule has 0 bridgehead atoms. The van der Waals surface area contributed by atoms with E-state index in [1.54, 1.807) is 18.2 Å². The number of methoxy groups -OCH3 is 3. The highest BCUT2D eigenvalue weighted by atomic mass is 16.7. The second-order valence-corrected chi connectivity index (χ2v) is 5.10. The van der Waals surface area contributed by atoms with Gasteiger partial charge >= 0.3 is 5.97 Å². The first kappa shape index (κ1) is 16.6. The number of hydrogen-bond donors (Lipinski definition) is 2. The van der Waals surface area contributed by atoms with Crippen LogP contribution in [0.4, 0.5) is 11.4 Å². The SMILES string of the molecule is COc1cc(Nc2cc3c(cc2C(=O)O)OCO3)cc(OC)c1OC. The third kappa shape index (κ3) is 3.06. The summed E-state index contributed by atoms with van der Waals surface area (Å²) in [4.78, 5) is 11.6. The number of fused-ring (bicyclic) bond motifs is 1. The molecule has 0 radical (unpaired) electrons. The van der Waals surface area contributed by atoms with E-state index in [4.69, 9.17) is 23.7 Å². The lowest BCUT2D eigenvalue weighted by Gasteiger charge is -2.16. The first-order valence-corrected chi connectivity index (χ1v) is 7.31. The van der Waals surface area contributed by atoms with Crippen molar-refractivity contribution in [3.8, 4) is 28.7 Å². The average Bonchev–Trinajstić information content (AvgIpc) is 3.07. The van der Waals surface area contributed by atoms with E-state index in [0.717, 1.165) is 0 Å². The second-order valence-electron chi connectivity index (χ2n) is 5.10. The average molecular weight is 347 g/mol. The fourth-order valence-electron chi connectivity index (χ4n) is 2.53. The summed E-state index contributed by atoms with van der Waals surface area (Å²) in [5.74, 6) is 1.12. The van der Waals surface area contributed by atoms with Crippen LogP contribution >= 0.6 is 0 Å². The van der Waals surface area contributed by atoms with Crippen LogP contribution in [0.2, 0.25) is 0 Å². The highest BCUT2D eigenvalue weighted by molar-refractivity contribution is 5.96. The van der Waals surface area contributed by atoms with Gasteiger partial charge < -0.3 is 34.1 Å². The van der Waals surface area contributed by atoms with Gasteiger partial charge in [-0.25, -0.2) is 4.79 Å². The van der Waals surface area contributed by atoms with Crippen LogP contribution in [0.25, 0.3) is 0 Å². The Bertz CT molecular complexity index is 794. The fraction of sp³-hybridized carbons (Fsp3) is 0.235. The topological polar surface area (TPSA) is 95.5 Å². The van der Waals surface area contributed by atoms with E-state index in [-0.39, 0.29) is 12.4 Å². The zero-order valence-corrected chi connectivity index (χ0v) is 13.9. The molecule has 25 heavy (non-hydrogen) atoms. The van der Waals surface area contributed by atoms with E-state index in [1.807, 2.05) is 0 Å². The molecule has 0 unspecified atom stereocenters. The van der Waals surface area contributed by atoms with Crippen LogP contribution in [0, 0.1) is 0 Å². The summed E-state index contributed by atoms with van der Waals surface area (Å²) in [7, 11) is 4.52. The van der Waals surface area contributed by atoms with Gasteiger partial charge in [-0.05, 0) is 0 Å². The summed E-state index contributed by atoms with van der Waals surface area (Å²) in [6.45, 7) is 0.0576. The molecule has 1 heterocycles. The van der Waals surface area contributed by atoms with Crippen molar-refractivity contribution >= 4 is 17.3 Å². The number of nitrogens with one attached hydrogen (secondary N) is 1. The van der Waals surface area contributed by atoms with Gasteiger partial charge in [-0.15, -0.1) is 0 Å². The number of anilines is 2. The van der Waals surface area contributed by atoms with Crippen molar-refractivity contribution in [3.05, 3.63) is 29.8 Å². The van der Waals surface area contributed by atoms with Gasteiger partial charge in [0.15, 0.2) is 23.0 Å². The molecule has 0 aliphatic carbocycles. The largest absolute Gasteiger partial charge is 0.493 e. The molecule has 3 rings (SSSR count). The fourth-order valence-corrected chi connectivity index (χ4v) is 2.53.